The minimum absolute atomic E-state index is 0.336. The quantitative estimate of drug-likeness (QED) is 0.662. The van der Waals surface area contributed by atoms with E-state index in [0.29, 0.717) is 12.0 Å². The summed E-state index contributed by atoms with van der Waals surface area (Å²) in [4.78, 5) is 0. The zero-order valence-corrected chi connectivity index (χ0v) is 8.01. The Morgan fingerprint density at radius 2 is 2.50 bits per heavy atom. The first kappa shape index (κ1) is 9.96. The number of rotatable bonds is 5. The average molecular weight is 173 g/mol. The van der Waals surface area contributed by atoms with Gasteiger partial charge in [0.15, 0.2) is 0 Å². The highest BCUT2D eigenvalue weighted by molar-refractivity contribution is 4.75. The van der Waals surface area contributed by atoms with Crippen molar-refractivity contribution in [2.24, 2.45) is 5.92 Å². The van der Waals surface area contributed by atoms with Crippen molar-refractivity contribution in [1.29, 1.82) is 0 Å². The zero-order valence-electron chi connectivity index (χ0n) is 8.01. The summed E-state index contributed by atoms with van der Waals surface area (Å²) in [5.41, 5.74) is 0. The summed E-state index contributed by atoms with van der Waals surface area (Å²) < 4.78 is 10.9. The molecule has 0 aromatic rings. The Balaban J connectivity index is 2.29. The van der Waals surface area contributed by atoms with E-state index in [1.165, 1.54) is 0 Å². The smallest absolute Gasteiger partial charge is 0.0750 e. The molecule has 1 N–H and O–H groups in total. The number of nitrogens with one attached hydrogen (secondary N) is 1. The van der Waals surface area contributed by atoms with E-state index >= 15 is 0 Å². The van der Waals surface area contributed by atoms with Gasteiger partial charge in [0.2, 0.25) is 0 Å². The van der Waals surface area contributed by atoms with E-state index in [0.717, 1.165) is 32.8 Å². The Hall–Kier alpha value is -0.120. The second kappa shape index (κ2) is 5.51. The minimum atomic E-state index is 0.336. The largest absolute Gasteiger partial charge is 0.381 e. The highest BCUT2D eigenvalue weighted by atomic mass is 16.5. The molecule has 0 spiro atoms. The molecule has 0 aliphatic carbocycles. The lowest BCUT2D eigenvalue weighted by atomic mass is 10.0. The molecule has 1 fully saturated rings. The van der Waals surface area contributed by atoms with E-state index < -0.39 is 0 Å². The molecule has 1 rings (SSSR count). The van der Waals surface area contributed by atoms with E-state index in [4.69, 9.17) is 9.47 Å². The highest BCUT2D eigenvalue weighted by Crippen LogP contribution is 2.18. The van der Waals surface area contributed by atoms with Gasteiger partial charge < -0.3 is 14.8 Å². The van der Waals surface area contributed by atoms with Gasteiger partial charge in [-0.1, -0.05) is 0 Å². The van der Waals surface area contributed by atoms with Crippen LogP contribution in [0.5, 0.6) is 0 Å². The fraction of sp³-hybridized carbons (Fsp3) is 1.00. The molecule has 12 heavy (non-hydrogen) atoms. The average Bonchev–Trinajstić information content (AvgIpc) is 2.56. The molecule has 0 radical (unpaired) electrons. The Morgan fingerprint density at radius 3 is 3.00 bits per heavy atom. The van der Waals surface area contributed by atoms with Gasteiger partial charge in [-0.05, 0) is 20.4 Å². The van der Waals surface area contributed by atoms with Gasteiger partial charge in [-0.3, -0.25) is 0 Å². The third kappa shape index (κ3) is 2.73. The van der Waals surface area contributed by atoms with Gasteiger partial charge in [0.1, 0.15) is 0 Å². The van der Waals surface area contributed by atoms with Crippen LogP contribution in [0.2, 0.25) is 0 Å². The summed E-state index contributed by atoms with van der Waals surface area (Å²) in [5, 5.41) is 3.15. The number of hydrogen-bond acceptors (Lipinski definition) is 3. The second-order valence-corrected chi connectivity index (χ2v) is 3.18. The summed E-state index contributed by atoms with van der Waals surface area (Å²) in [6.45, 7) is 5.54. The van der Waals surface area contributed by atoms with Crippen molar-refractivity contribution in [1.82, 2.24) is 5.32 Å². The van der Waals surface area contributed by atoms with E-state index in [9.17, 15) is 0 Å². The first-order chi connectivity index (χ1) is 5.88. The van der Waals surface area contributed by atoms with Crippen LogP contribution in [0.3, 0.4) is 0 Å². The van der Waals surface area contributed by atoms with E-state index in [-0.39, 0.29) is 0 Å². The maximum absolute atomic E-state index is 5.62. The Kier molecular flexibility index (Phi) is 4.58. The first-order valence-electron chi connectivity index (χ1n) is 4.72. The Labute approximate surface area is 74.4 Å². The molecule has 72 valence electrons. The van der Waals surface area contributed by atoms with Crippen LogP contribution < -0.4 is 5.32 Å². The van der Waals surface area contributed by atoms with Crippen molar-refractivity contribution in [2.45, 2.75) is 19.4 Å². The molecule has 3 nitrogen and oxygen atoms in total. The van der Waals surface area contributed by atoms with Crippen LogP contribution in [0.25, 0.3) is 0 Å². The third-order valence-corrected chi connectivity index (χ3v) is 2.28. The normalized spacial score (nSPS) is 26.0. The molecular formula is C9H19NO2. The van der Waals surface area contributed by atoms with Gasteiger partial charge in [-0.25, -0.2) is 0 Å². The maximum Gasteiger partial charge on any atom is 0.0750 e. The molecule has 1 saturated heterocycles. The number of hydrogen-bond donors (Lipinski definition) is 1. The van der Waals surface area contributed by atoms with E-state index in [1.54, 1.807) is 0 Å². The molecule has 0 amide bonds. The van der Waals surface area contributed by atoms with Crippen LogP contribution in [0.1, 0.15) is 13.3 Å². The van der Waals surface area contributed by atoms with Crippen molar-refractivity contribution >= 4 is 0 Å². The molecule has 3 heteroatoms. The van der Waals surface area contributed by atoms with Crippen LogP contribution in [0.15, 0.2) is 0 Å². The summed E-state index contributed by atoms with van der Waals surface area (Å²) >= 11 is 0. The standard InChI is InChI=1S/C9H19NO2/c1-3-12-9(6-10-2)8-4-5-11-7-8/h8-10H,3-7H2,1-2H3. The van der Waals surface area contributed by atoms with Gasteiger partial charge >= 0.3 is 0 Å². The van der Waals surface area contributed by atoms with Crippen LogP contribution in [-0.4, -0.2) is 39.5 Å². The third-order valence-electron chi connectivity index (χ3n) is 2.28. The van der Waals surface area contributed by atoms with Crippen LogP contribution in [0, 0.1) is 5.92 Å². The van der Waals surface area contributed by atoms with Gasteiger partial charge in [0.05, 0.1) is 12.7 Å². The molecule has 1 heterocycles. The second-order valence-electron chi connectivity index (χ2n) is 3.18. The minimum Gasteiger partial charge on any atom is -0.381 e. The van der Waals surface area contributed by atoms with Gasteiger partial charge in [-0.2, -0.15) is 0 Å². The fourth-order valence-corrected chi connectivity index (χ4v) is 1.62. The van der Waals surface area contributed by atoms with Crippen molar-refractivity contribution in [3.63, 3.8) is 0 Å². The fourth-order valence-electron chi connectivity index (χ4n) is 1.62. The van der Waals surface area contributed by atoms with Crippen LogP contribution in [-0.2, 0) is 9.47 Å². The predicted octanol–water partition coefficient (Wildman–Crippen LogP) is 0.647. The lowest BCUT2D eigenvalue weighted by molar-refractivity contribution is 0.0176. The molecule has 0 bridgehead atoms. The molecule has 2 unspecified atom stereocenters. The Bertz CT molecular complexity index is 107. The monoisotopic (exact) mass is 173 g/mol. The van der Waals surface area contributed by atoms with E-state index in [1.807, 2.05) is 14.0 Å². The van der Waals surface area contributed by atoms with Gasteiger partial charge in [-0.15, -0.1) is 0 Å². The molecular weight excluding hydrogens is 154 g/mol. The lowest BCUT2D eigenvalue weighted by Gasteiger charge is -2.21. The molecule has 0 saturated carbocycles. The molecule has 1 aliphatic heterocycles. The van der Waals surface area contributed by atoms with Crippen molar-refractivity contribution < 1.29 is 9.47 Å². The summed E-state index contributed by atoms with van der Waals surface area (Å²) in [5.74, 6) is 0.595. The number of likely N-dealkylation sites (N-methyl/N-ethyl adjacent to an activating group) is 1. The summed E-state index contributed by atoms with van der Waals surface area (Å²) in [6, 6.07) is 0. The topological polar surface area (TPSA) is 30.5 Å². The highest BCUT2D eigenvalue weighted by Gasteiger charge is 2.25. The first-order valence-corrected chi connectivity index (χ1v) is 4.72. The summed E-state index contributed by atoms with van der Waals surface area (Å²) in [7, 11) is 1.96. The summed E-state index contributed by atoms with van der Waals surface area (Å²) in [6.07, 6.45) is 1.48. The predicted molar refractivity (Wildman–Crippen MR) is 48.3 cm³/mol. The number of ether oxygens (including phenoxy) is 2. The van der Waals surface area contributed by atoms with E-state index in [2.05, 4.69) is 5.32 Å². The van der Waals surface area contributed by atoms with Gasteiger partial charge in [0, 0.05) is 25.7 Å². The lowest BCUT2D eigenvalue weighted by Crippen LogP contribution is -2.34. The van der Waals surface area contributed by atoms with Crippen LogP contribution >= 0.6 is 0 Å². The zero-order chi connectivity index (χ0) is 8.81. The van der Waals surface area contributed by atoms with Crippen LogP contribution in [0.4, 0.5) is 0 Å². The van der Waals surface area contributed by atoms with Gasteiger partial charge in [0.25, 0.3) is 0 Å². The maximum atomic E-state index is 5.62. The Morgan fingerprint density at radius 1 is 1.67 bits per heavy atom. The van der Waals surface area contributed by atoms with Crippen molar-refractivity contribution in [2.75, 3.05) is 33.4 Å². The van der Waals surface area contributed by atoms with Crippen molar-refractivity contribution in [3.8, 4) is 0 Å². The molecule has 2 atom stereocenters. The SMILES string of the molecule is CCOC(CNC)C1CCOC1. The molecule has 1 aliphatic rings. The van der Waals surface area contributed by atoms with Crippen molar-refractivity contribution in [3.05, 3.63) is 0 Å². The molecule has 0 aromatic carbocycles. The molecule has 0 aromatic heterocycles.